The fourth-order valence-electron chi connectivity index (χ4n) is 1.98. The van der Waals surface area contributed by atoms with Gasteiger partial charge in [-0.1, -0.05) is 30.4 Å². The Balaban J connectivity index is 2.47. The average Bonchev–Trinajstić information content (AvgIpc) is 2.76. The molecule has 0 saturated carbocycles. The molecule has 0 spiro atoms. The van der Waals surface area contributed by atoms with Gasteiger partial charge < -0.3 is 9.88 Å². The van der Waals surface area contributed by atoms with Crippen LogP contribution in [0.15, 0.2) is 55.6 Å². The van der Waals surface area contributed by atoms with Crippen LogP contribution in [0.5, 0.6) is 0 Å². The van der Waals surface area contributed by atoms with Crippen LogP contribution in [-0.2, 0) is 6.54 Å². The maximum absolute atomic E-state index is 12.1. The van der Waals surface area contributed by atoms with Crippen molar-refractivity contribution in [3.05, 3.63) is 61.3 Å². The molecule has 1 heterocycles. The zero-order valence-corrected chi connectivity index (χ0v) is 10.2. The summed E-state index contributed by atoms with van der Waals surface area (Å²) in [6.45, 7) is 8.41. The molecule has 1 amide bonds. The lowest BCUT2D eigenvalue weighted by Gasteiger charge is -2.07. The highest BCUT2D eigenvalue weighted by atomic mass is 16.1. The van der Waals surface area contributed by atoms with Gasteiger partial charge in [0.2, 0.25) is 0 Å². The van der Waals surface area contributed by atoms with Gasteiger partial charge in [-0.2, -0.15) is 0 Å². The average molecular weight is 240 g/mol. The van der Waals surface area contributed by atoms with Crippen molar-refractivity contribution in [2.24, 2.45) is 0 Å². The molecule has 2 rings (SSSR count). The molecule has 0 aliphatic carbocycles. The van der Waals surface area contributed by atoms with E-state index in [0.29, 0.717) is 18.8 Å². The molecule has 0 aliphatic rings. The van der Waals surface area contributed by atoms with Crippen LogP contribution in [0.25, 0.3) is 10.9 Å². The number of aromatic nitrogens is 1. The van der Waals surface area contributed by atoms with E-state index in [-0.39, 0.29) is 5.91 Å². The van der Waals surface area contributed by atoms with Crippen molar-refractivity contribution in [2.75, 3.05) is 6.54 Å². The Morgan fingerprint density at radius 1 is 1.28 bits per heavy atom. The smallest absolute Gasteiger partial charge is 0.268 e. The minimum atomic E-state index is -0.0899. The second kappa shape index (κ2) is 5.36. The number of para-hydroxylation sites is 1. The second-order valence-electron chi connectivity index (χ2n) is 3.99. The van der Waals surface area contributed by atoms with Gasteiger partial charge in [0.05, 0.1) is 0 Å². The highest BCUT2D eigenvalue weighted by Crippen LogP contribution is 2.19. The molecule has 92 valence electrons. The summed E-state index contributed by atoms with van der Waals surface area (Å²) in [6.07, 6.45) is 3.45. The Labute approximate surface area is 106 Å². The zero-order chi connectivity index (χ0) is 13.0. The third kappa shape index (κ3) is 2.20. The minimum Gasteiger partial charge on any atom is -0.347 e. The first kappa shape index (κ1) is 12.2. The van der Waals surface area contributed by atoms with E-state index in [1.165, 1.54) is 0 Å². The number of hydrogen-bond acceptors (Lipinski definition) is 1. The molecule has 0 bridgehead atoms. The highest BCUT2D eigenvalue weighted by molar-refractivity contribution is 5.98. The predicted octanol–water partition coefficient (Wildman–Crippen LogP) is 2.74. The number of fused-ring (bicyclic) bond motifs is 1. The summed E-state index contributed by atoms with van der Waals surface area (Å²) in [5.41, 5.74) is 1.69. The van der Waals surface area contributed by atoms with Crippen LogP contribution >= 0.6 is 0 Å². The maximum atomic E-state index is 12.1. The number of hydrogen-bond donors (Lipinski definition) is 1. The number of nitrogens with one attached hydrogen (secondary N) is 1. The van der Waals surface area contributed by atoms with Gasteiger partial charge in [0.1, 0.15) is 5.69 Å². The van der Waals surface area contributed by atoms with Crippen molar-refractivity contribution >= 4 is 16.8 Å². The van der Waals surface area contributed by atoms with Crippen LogP contribution in [0.3, 0.4) is 0 Å². The molecule has 0 fully saturated rings. The van der Waals surface area contributed by atoms with E-state index in [9.17, 15) is 4.79 Å². The monoisotopic (exact) mass is 240 g/mol. The predicted molar refractivity (Wildman–Crippen MR) is 74.7 cm³/mol. The van der Waals surface area contributed by atoms with Gasteiger partial charge in [-0.25, -0.2) is 0 Å². The molecule has 1 N–H and O–H groups in total. The normalized spacial score (nSPS) is 10.2. The van der Waals surface area contributed by atoms with Gasteiger partial charge in [0, 0.05) is 24.0 Å². The molecular weight excluding hydrogens is 224 g/mol. The first-order valence-corrected chi connectivity index (χ1v) is 5.86. The molecule has 0 unspecified atom stereocenters. The first-order chi connectivity index (χ1) is 8.77. The fraction of sp³-hybridized carbons (Fsp3) is 0.133. The summed E-state index contributed by atoms with van der Waals surface area (Å²) in [6, 6.07) is 9.83. The van der Waals surface area contributed by atoms with E-state index in [4.69, 9.17) is 0 Å². The summed E-state index contributed by atoms with van der Waals surface area (Å²) in [7, 11) is 0. The third-order valence-electron chi connectivity index (χ3n) is 2.76. The molecule has 18 heavy (non-hydrogen) atoms. The number of carbonyl (C=O) groups is 1. The Morgan fingerprint density at radius 3 is 2.78 bits per heavy atom. The molecule has 1 aromatic heterocycles. The lowest BCUT2D eigenvalue weighted by molar-refractivity contribution is 0.0950. The van der Waals surface area contributed by atoms with Crippen LogP contribution in [-0.4, -0.2) is 17.0 Å². The summed E-state index contributed by atoms with van der Waals surface area (Å²) in [5.74, 6) is -0.0899. The van der Waals surface area contributed by atoms with Crippen molar-refractivity contribution < 1.29 is 4.79 Å². The number of nitrogens with zero attached hydrogens (tertiary/aromatic N) is 1. The van der Waals surface area contributed by atoms with Gasteiger partial charge >= 0.3 is 0 Å². The summed E-state index contributed by atoms with van der Waals surface area (Å²) >= 11 is 0. The van der Waals surface area contributed by atoms with Gasteiger partial charge in [-0.3, -0.25) is 4.79 Å². The quantitative estimate of drug-likeness (QED) is 0.801. The molecule has 3 nitrogen and oxygen atoms in total. The van der Waals surface area contributed by atoms with Crippen LogP contribution in [0.1, 0.15) is 10.5 Å². The largest absolute Gasteiger partial charge is 0.347 e. The third-order valence-corrected chi connectivity index (χ3v) is 2.76. The Morgan fingerprint density at radius 2 is 2.06 bits per heavy atom. The van der Waals surface area contributed by atoms with Crippen molar-refractivity contribution in [3.8, 4) is 0 Å². The Kier molecular flexibility index (Phi) is 3.63. The topological polar surface area (TPSA) is 34.0 Å². The van der Waals surface area contributed by atoms with Gasteiger partial charge in [-0.05, 0) is 12.1 Å². The SMILES string of the molecule is C=CCNC(=O)c1cc2ccccc2n1CC=C. The van der Waals surface area contributed by atoms with Crippen molar-refractivity contribution in [1.29, 1.82) is 0 Å². The van der Waals surface area contributed by atoms with Gasteiger partial charge in [-0.15, -0.1) is 13.2 Å². The number of benzene rings is 1. The van der Waals surface area contributed by atoms with Crippen LogP contribution in [0, 0.1) is 0 Å². The number of carbonyl (C=O) groups excluding carboxylic acids is 1. The van der Waals surface area contributed by atoms with Crippen LogP contribution in [0.4, 0.5) is 0 Å². The van der Waals surface area contributed by atoms with E-state index in [0.717, 1.165) is 10.9 Å². The van der Waals surface area contributed by atoms with E-state index >= 15 is 0 Å². The van der Waals surface area contributed by atoms with Crippen molar-refractivity contribution in [1.82, 2.24) is 9.88 Å². The maximum Gasteiger partial charge on any atom is 0.268 e. The molecule has 0 radical (unpaired) electrons. The number of allylic oxidation sites excluding steroid dienone is 1. The van der Waals surface area contributed by atoms with E-state index < -0.39 is 0 Å². The lowest BCUT2D eigenvalue weighted by Crippen LogP contribution is -2.25. The molecule has 0 aliphatic heterocycles. The standard InChI is InChI=1S/C15H16N2O/c1-3-9-16-15(18)14-11-12-7-5-6-8-13(12)17(14)10-4-2/h3-8,11H,1-2,9-10H2,(H,16,18). The van der Waals surface area contributed by atoms with E-state index in [2.05, 4.69) is 18.5 Å². The van der Waals surface area contributed by atoms with Crippen LogP contribution in [0.2, 0.25) is 0 Å². The van der Waals surface area contributed by atoms with Crippen molar-refractivity contribution in [3.63, 3.8) is 0 Å². The van der Waals surface area contributed by atoms with E-state index in [1.54, 1.807) is 12.2 Å². The summed E-state index contributed by atoms with van der Waals surface area (Å²) in [5, 5.41) is 3.85. The van der Waals surface area contributed by atoms with Gasteiger partial charge in [0.15, 0.2) is 0 Å². The Bertz CT molecular complexity index is 596. The molecule has 0 atom stereocenters. The molecule has 1 aromatic carbocycles. The lowest BCUT2D eigenvalue weighted by atomic mass is 10.2. The van der Waals surface area contributed by atoms with Gasteiger partial charge in [0.25, 0.3) is 5.91 Å². The second-order valence-corrected chi connectivity index (χ2v) is 3.99. The number of amides is 1. The summed E-state index contributed by atoms with van der Waals surface area (Å²) in [4.78, 5) is 12.1. The fourth-order valence-corrected chi connectivity index (χ4v) is 1.98. The Hall–Kier alpha value is -2.29. The molecule has 0 saturated heterocycles. The molecule has 2 aromatic rings. The minimum absolute atomic E-state index is 0.0899. The van der Waals surface area contributed by atoms with Crippen LogP contribution < -0.4 is 5.32 Å². The number of rotatable bonds is 5. The van der Waals surface area contributed by atoms with E-state index in [1.807, 2.05) is 34.9 Å². The molecule has 3 heteroatoms. The van der Waals surface area contributed by atoms with Crippen molar-refractivity contribution in [2.45, 2.75) is 6.54 Å². The molecular formula is C15H16N2O. The first-order valence-electron chi connectivity index (χ1n) is 5.86. The highest BCUT2D eigenvalue weighted by Gasteiger charge is 2.13. The zero-order valence-electron chi connectivity index (χ0n) is 10.2. The summed E-state index contributed by atoms with van der Waals surface area (Å²) < 4.78 is 1.96.